The second kappa shape index (κ2) is 12.8. The summed E-state index contributed by atoms with van der Waals surface area (Å²) in [4.78, 5) is 15.4. The van der Waals surface area contributed by atoms with Crippen LogP contribution in [0.3, 0.4) is 0 Å². The number of ether oxygens (including phenoxy) is 2. The first-order chi connectivity index (χ1) is 19.4. The molecule has 2 aliphatic rings. The lowest BCUT2D eigenvalue weighted by atomic mass is 10.00. The van der Waals surface area contributed by atoms with Crippen molar-refractivity contribution >= 4 is 32.9 Å². The SMILES string of the molecule is CS(=O)(=O)Nc1cc(NC(=O)C2=CC(OCCN3CCOCC3)=C(c3ccc(C(F)(F)F)cc3)CC=C2)ccc1O. The number of nitrogens with one attached hydrogen (secondary N) is 2. The van der Waals surface area contributed by atoms with Crippen LogP contribution in [0.2, 0.25) is 0 Å². The van der Waals surface area contributed by atoms with E-state index in [-0.39, 0.29) is 29.3 Å². The molecule has 1 heterocycles. The molecule has 0 unspecified atom stereocenters. The van der Waals surface area contributed by atoms with E-state index >= 15 is 0 Å². The fraction of sp³-hybridized carbons (Fsp3) is 0.321. The fourth-order valence-corrected chi connectivity index (χ4v) is 4.84. The van der Waals surface area contributed by atoms with Gasteiger partial charge >= 0.3 is 6.18 Å². The number of nitrogens with zero attached hydrogens (tertiary/aromatic N) is 1. The number of benzene rings is 2. The van der Waals surface area contributed by atoms with Crippen LogP contribution in [0.1, 0.15) is 17.5 Å². The van der Waals surface area contributed by atoms with Gasteiger partial charge in [0.15, 0.2) is 0 Å². The molecule has 41 heavy (non-hydrogen) atoms. The molecule has 9 nitrogen and oxygen atoms in total. The van der Waals surface area contributed by atoms with E-state index in [9.17, 15) is 31.5 Å². The highest BCUT2D eigenvalue weighted by atomic mass is 32.2. The zero-order chi connectivity index (χ0) is 29.6. The lowest BCUT2D eigenvalue weighted by molar-refractivity contribution is -0.137. The van der Waals surface area contributed by atoms with Crippen LogP contribution in [0, 0.1) is 0 Å². The number of morpholine rings is 1. The van der Waals surface area contributed by atoms with Gasteiger partial charge in [0.1, 0.15) is 18.1 Å². The van der Waals surface area contributed by atoms with Crippen molar-refractivity contribution in [3.63, 3.8) is 0 Å². The maximum Gasteiger partial charge on any atom is 0.416 e. The van der Waals surface area contributed by atoms with E-state index in [0.29, 0.717) is 43.1 Å². The molecule has 0 aromatic heterocycles. The number of sulfonamides is 1. The van der Waals surface area contributed by atoms with E-state index in [1.54, 1.807) is 12.2 Å². The van der Waals surface area contributed by atoms with Crippen LogP contribution in [0.25, 0.3) is 5.57 Å². The summed E-state index contributed by atoms with van der Waals surface area (Å²) in [7, 11) is -3.68. The third-order valence-corrected chi connectivity index (χ3v) is 6.94. The molecule has 1 amide bonds. The second-order valence-corrected chi connectivity index (χ2v) is 11.2. The molecule has 4 rings (SSSR count). The van der Waals surface area contributed by atoms with Gasteiger partial charge in [0, 0.05) is 36.5 Å². The third kappa shape index (κ3) is 8.59. The minimum Gasteiger partial charge on any atom is -0.506 e. The molecule has 1 aliphatic heterocycles. The molecule has 3 N–H and O–H groups in total. The Morgan fingerprint density at radius 2 is 1.83 bits per heavy atom. The van der Waals surface area contributed by atoms with Crippen molar-refractivity contribution in [1.29, 1.82) is 0 Å². The number of halogens is 3. The minimum atomic E-state index is -4.47. The van der Waals surface area contributed by atoms with Crippen molar-refractivity contribution in [2.24, 2.45) is 0 Å². The summed E-state index contributed by atoms with van der Waals surface area (Å²) in [5.74, 6) is -0.513. The van der Waals surface area contributed by atoms with Gasteiger partial charge in [0.25, 0.3) is 5.91 Å². The Kier molecular flexibility index (Phi) is 9.41. The van der Waals surface area contributed by atoms with E-state index in [4.69, 9.17) is 9.47 Å². The minimum absolute atomic E-state index is 0.104. The monoisotopic (exact) mass is 593 g/mol. The van der Waals surface area contributed by atoms with Crippen LogP contribution < -0.4 is 10.0 Å². The topological polar surface area (TPSA) is 117 Å². The van der Waals surface area contributed by atoms with E-state index < -0.39 is 27.7 Å². The van der Waals surface area contributed by atoms with Crippen molar-refractivity contribution in [2.45, 2.75) is 12.6 Å². The fourth-order valence-electron chi connectivity index (χ4n) is 4.28. The lowest BCUT2D eigenvalue weighted by Gasteiger charge is -2.26. The maximum atomic E-state index is 13.2. The summed E-state index contributed by atoms with van der Waals surface area (Å²) in [5, 5.41) is 12.6. The highest BCUT2D eigenvalue weighted by Crippen LogP contribution is 2.33. The number of anilines is 2. The first-order valence-corrected chi connectivity index (χ1v) is 14.6. The Morgan fingerprint density at radius 1 is 1.12 bits per heavy atom. The molecule has 220 valence electrons. The molecule has 1 aliphatic carbocycles. The van der Waals surface area contributed by atoms with Crippen molar-refractivity contribution in [1.82, 2.24) is 4.90 Å². The molecule has 0 spiro atoms. The van der Waals surface area contributed by atoms with E-state index in [1.165, 1.54) is 36.4 Å². The summed E-state index contributed by atoms with van der Waals surface area (Å²) >= 11 is 0. The van der Waals surface area contributed by atoms with E-state index in [1.807, 2.05) is 0 Å². The number of phenolic OH excluding ortho intramolecular Hbond substituents is 1. The van der Waals surface area contributed by atoms with Crippen LogP contribution in [0.15, 0.2) is 72.0 Å². The van der Waals surface area contributed by atoms with Gasteiger partial charge in [0.2, 0.25) is 10.0 Å². The molecular weight excluding hydrogens is 563 g/mol. The molecule has 1 saturated heterocycles. The number of rotatable bonds is 9. The number of hydrogen-bond acceptors (Lipinski definition) is 7. The molecule has 0 saturated carbocycles. The molecule has 2 aromatic carbocycles. The Morgan fingerprint density at radius 3 is 2.49 bits per heavy atom. The van der Waals surface area contributed by atoms with Gasteiger partial charge in [-0.2, -0.15) is 13.2 Å². The number of carbonyl (C=O) groups excluding carboxylic acids is 1. The van der Waals surface area contributed by atoms with Crippen molar-refractivity contribution < 1.29 is 41.0 Å². The number of carbonyl (C=O) groups is 1. The molecule has 0 radical (unpaired) electrons. The number of amides is 1. The molecule has 2 aromatic rings. The summed E-state index contributed by atoms with van der Waals surface area (Å²) < 4.78 is 76.3. The predicted molar refractivity (Wildman–Crippen MR) is 149 cm³/mol. The summed E-state index contributed by atoms with van der Waals surface area (Å²) in [5.41, 5.74) is 0.696. The average Bonchev–Trinajstić information content (AvgIpc) is 3.13. The van der Waals surface area contributed by atoms with E-state index in [2.05, 4.69) is 14.9 Å². The predicted octanol–water partition coefficient (Wildman–Crippen LogP) is 4.37. The second-order valence-electron chi connectivity index (χ2n) is 9.49. The van der Waals surface area contributed by atoms with Gasteiger partial charge in [-0.05, 0) is 48.4 Å². The highest BCUT2D eigenvalue weighted by molar-refractivity contribution is 7.92. The van der Waals surface area contributed by atoms with Gasteiger partial charge in [-0.15, -0.1) is 0 Å². The Bertz CT molecular complexity index is 1460. The summed E-state index contributed by atoms with van der Waals surface area (Å²) in [6, 6.07) is 8.69. The van der Waals surface area contributed by atoms with Crippen LogP contribution in [0.5, 0.6) is 5.75 Å². The smallest absolute Gasteiger partial charge is 0.416 e. The van der Waals surface area contributed by atoms with E-state index in [0.717, 1.165) is 31.5 Å². The maximum absolute atomic E-state index is 13.2. The summed E-state index contributed by atoms with van der Waals surface area (Å²) in [6.07, 6.45) is 1.58. The Hall–Kier alpha value is -3.81. The number of allylic oxidation sites excluding steroid dienone is 3. The largest absolute Gasteiger partial charge is 0.506 e. The average molecular weight is 594 g/mol. The van der Waals surface area contributed by atoms with Gasteiger partial charge in [0.05, 0.1) is 30.7 Å². The van der Waals surface area contributed by atoms with Crippen LogP contribution in [-0.4, -0.2) is 70.0 Å². The van der Waals surface area contributed by atoms with Gasteiger partial charge < -0.3 is 19.9 Å². The molecule has 0 atom stereocenters. The number of hydrogen-bond donors (Lipinski definition) is 3. The number of aromatic hydroxyl groups is 1. The normalized spacial score (nSPS) is 16.6. The van der Waals surface area contributed by atoms with Gasteiger partial charge in [-0.25, -0.2) is 8.42 Å². The van der Waals surface area contributed by atoms with Gasteiger partial charge in [-0.3, -0.25) is 14.4 Å². The zero-order valence-electron chi connectivity index (χ0n) is 22.2. The van der Waals surface area contributed by atoms with Crippen molar-refractivity contribution in [3.8, 4) is 5.75 Å². The van der Waals surface area contributed by atoms with Crippen LogP contribution in [0.4, 0.5) is 24.5 Å². The van der Waals surface area contributed by atoms with Crippen molar-refractivity contribution in [3.05, 3.63) is 83.2 Å². The zero-order valence-corrected chi connectivity index (χ0v) is 23.0. The van der Waals surface area contributed by atoms with Crippen LogP contribution in [-0.2, 0) is 30.5 Å². The highest BCUT2D eigenvalue weighted by Gasteiger charge is 2.30. The first-order valence-electron chi connectivity index (χ1n) is 12.7. The molecule has 13 heteroatoms. The molecule has 1 fully saturated rings. The Labute approximate surface area is 236 Å². The Balaban J connectivity index is 1.60. The quantitative estimate of drug-likeness (QED) is 0.292. The third-order valence-electron chi connectivity index (χ3n) is 6.34. The molecule has 0 bridgehead atoms. The lowest BCUT2D eigenvalue weighted by Crippen LogP contribution is -2.38. The number of phenols is 1. The first kappa shape index (κ1) is 30.2. The van der Waals surface area contributed by atoms with Gasteiger partial charge in [-0.1, -0.05) is 24.3 Å². The summed E-state index contributed by atoms with van der Waals surface area (Å²) in [6.45, 7) is 3.62. The van der Waals surface area contributed by atoms with Crippen LogP contribution >= 0.6 is 0 Å². The standard InChI is InChI=1S/C28H30F3N3O6S/c1-41(37,38)33-24-18-22(9-10-25(24)35)32-27(36)20-3-2-4-23(19-5-7-21(8-6-19)28(29,30)31)26(17-20)40-16-13-34-11-14-39-15-12-34/h2-3,5-10,17-18,33,35H,4,11-16H2,1H3,(H,32,36). The van der Waals surface area contributed by atoms with Crippen molar-refractivity contribution in [2.75, 3.05) is 55.7 Å². The molecular formula is C28H30F3N3O6S. The number of alkyl halides is 3.